The first-order valence-electron chi connectivity index (χ1n) is 1.65. The summed E-state index contributed by atoms with van der Waals surface area (Å²) in [6.45, 7) is 0. The lowest BCUT2D eigenvalue weighted by molar-refractivity contribution is 0.618. The van der Waals surface area contributed by atoms with Gasteiger partial charge in [-0.25, -0.2) is 0 Å². The maximum Gasteiger partial charge on any atom is 0.270 e. The molecule has 1 aromatic rings. The van der Waals surface area contributed by atoms with Gasteiger partial charge in [-0.1, -0.05) is 11.3 Å². The van der Waals surface area contributed by atoms with Crippen LogP contribution in [0.15, 0.2) is 5.38 Å². The number of nitrogens with two attached hydrogens (primary N) is 1. The van der Waals surface area contributed by atoms with Gasteiger partial charge in [0.05, 0.1) is 0 Å². The van der Waals surface area contributed by atoms with Gasteiger partial charge < -0.3 is 5.73 Å². The third-order valence-corrected chi connectivity index (χ3v) is 1.14. The number of thiazole rings is 1. The summed E-state index contributed by atoms with van der Waals surface area (Å²) in [7, 11) is 0. The second kappa shape index (κ2) is 1.46. The zero-order valence-electron chi connectivity index (χ0n) is 3.39. The highest BCUT2D eigenvalue weighted by Gasteiger charge is 1.91. The Bertz CT molecular complexity index is 145. The summed E-state index contributed by atoms with van der Waals surface area (Å²) in [6.07, 6.45) is 0. The molecular formula is C3H3FN2S. The SMILES string of the molecule is Nc1csc(F)n1. The molecule has 0 saturated carbocycles. The third kappa shape index (κ3) is 0.866. The quantitative estimate of drug-likeness (QED) is 0.548. The molecule has 0 saturated heterocycles. The van der Waals surface area contributed by atoms with Crippen molar-refractivity contribution < 1.29 is 4.39 Å². The second-order valence-electron chi connectivity index (χ2n) is 1.03. The largest absolute Gasteiger partial charge is 0.383 e. The van der Waals surface area contributed by atoms with Crippen molar-refractivity contribution in [3.05, 3.63) is 10.6 Å². The Hall–Kier alpha value is -0.640. The van der Waals surface area contributed by atoms with Gasteiger partial charge in [-0.05, 0) is 0 Å². The summed E-state index contributed by atoms with van der Waals surface area (Å²) in [5, 5.41) is 0.979. The average molecular weight is 118 g/mol. The minimum Gasteiger partial charge on any atom is -0.383 e. The topological polar surface area (TPSA) is 38.9 Å². The fourth-order valence-corrected chi connectivity index (χ4v) is 0.692. The summed E-state index contributed by atoms with van der Waals surface area (Å²) < 4.78 is 11.8. The Morgan fingerprint density at radius 1 is 1.86 bits per heavy atom. The van der Waals surface area contributed by atoms with Gasteiger partial charge >= 0.3 is 0 Å². The monoisotopic (exact) mass is 118 g/mol. The Kier molecular flexibility index (Phi) is 0.941. The van der Waals surface area contributed by atoms with E-state index in [9.17, 15) is 4.39 Å². The maximum absolute atomic E-state index is 11.8. The predicted octanol–water partition coefficient (Wildman–Crippen LogP) is 0.864. The average Bonchev–Trinajstić information content (AvgIpc) is 1.87. The van der Waals surface area contributed by atoms with Crippen molar-refractivity contribution >= 4 is 17.2 Å². The predicted molar refractivity (Wildman–Crippen MR) is 26.5 cm³/mol. The highest BCUT2D eigenvalue weighted by atomic mass is 32.1. The Morgan fingerprint density at radius 3 is 2.71 bits per heavy atom. The molecule has 1 aromatic heterocycles. The molecule has 2 nitrogen and oxygen atoms in total. The summed E-state index contributed by atoms with van der Waals surface area (Å²) >= 11 is 0.902. The molecule has 0 aliphatic heterocycles. The van der Waals surface area contributed by atoms with E-state index < -0.39 is 5.26 Å². The van der Waals surface area contributed by atoms with E-state index >= 15 is 0 Å². The van der Waals surface area contributed by atoms with Crippen molar-refractivity contribution in [3.8, 4) is 0 Å². The van der Waals surface area contributed by atoms with Gasteiger partial charge in [0.25, 0.3) is 5.26 Å². The molecule has 0 unspecified atom stereocenters. The van der Waals surface area contributed by atoms with Gasteiger partial charge in [-0.2, -0.15) is 9.37 Å². The fourth-order valence-electron chi connectivity index (χ4n) is 0.263. The van der Waals surface area contributed by atoms with Crippen LogP contribution in [-0.2, 0) is 0 Å². The molecule has 2 N–H and O–H groups in total. The lowest BCUT2D eigenvalue weighted by atomic mass is 10.8. The molecule has 0 fully saturated rings. The molecule has 0 aromatic carbocycles. The van der Waals surface area contributed by atoms with E-state index in [1.54, 1.807) is 0 Å². The summed E-state index contributed by atoms with van der Waals surface area (Å²) in [5.41, 5.74) is 5.04. The second-order valence-corrected chi connectivity index (χ2v) is 1.83. The van der Waals surface area contributed by atoms with Crippen LogP contribution in [0.2, 0.25) is 0 Å². The van der Waals surface area contributed by atoms with E-state index in [1.807, 2.05) is 0 Å². The minimum absolute atomic E-state index is 0.252. The molecular weight excluding hydrogens is 115 g/mol. The van der Waals surface area contributed by atoms with Crippen molar-refractivity contribution in [2.75, 3.05) is 5.73 Å². The number of nitrogen functional groups attached to an aromatic ring is 1. The molecule has 0 aliphatic carbocycles. The van der Waals surface area contributed by atoms with Crippen molar-refractivity contribution in [2.24, 2.45) is 0 Å². The standard InChI is InChI=1S/C3H3FN2S/c4-3-6-2(5)1-7-3/h1H,5H2. The van der Waals surface area contributed by atoms with Crippen molar-refractivity contribution in [2.45, 2.75) is 0 Å². The van der Waals surface area contributed by atoms with E-state index in [0.29, 0.717) is 0 Å². The molecule has 0 amide bonds. The first-order chi connectivity index (χ1) is 3.29. The highest BCUT2D eigenvalue weighted by Crippen LogP contribution is 2.06. The van der Waals surface area contributed by atoms with Gasteiger partial charge in [0.15, 0.2) is 0 Å². The van der Waals surface area contributed by atoms with E-state index in [1.165, 1.54) is 5.38 Å². The number of aromatic nitrogens is 1. The van der Waals surface area contributed by atoms with Gasteiger partial charge in [0, 0.05) is 5.38 Å². The van der Waals surface area contributed by atoms with Crippen LogP contribution in [0, 0.1) is 5.26 Å². The smallest absolute Gasteiger partial charge is 0.270 e. The normalized spacial score (nSPS) is 9.29. The van der Waals surface area contributed by atoms with Crippen molar-refractivity contribution in [1.82, 2.24) is 4.98 Å². The third-order valence-electron chi connectivity index (χ3n) is 0.494. The number of anilines is 1. The fraction of sp³-hybridized carbons (Fsp3) is 0. The van der Waals surface area contributed by atoms with Crippen molar-refractivity contribution in [3.63, 3.8) is 0 Å². The van der Waals surface area contributed by atoms with Crippen LogP contribution in [0.5, 0.6) is 0 Å². The van der Waals surface area contributed by atoms with Gasteiger partial charge in [-0.3, -0.25) is 0 Å². The number of hydrogen-bond donors (Lipinski definition) is 1. The molecule has 4 heteroatoms. The molecule has 0 bridgehead atoms. The van der Waals surface area contributed by atoms with Crippen LogP contribution in [0.1, 0.15) is 0 Å². The Balaban J connectivity index is 3.04. The van der Waals surface area contributed by atoms with Crippen LogP contribution >= 0.6 is 11.3 Å². The zero-order chi connectivity index (χ0) is 5.28. The first-order valence-corrected chi connectivity index (χ1v) is 2.53. The van der Waals surface area contributed by atoms with Crippen LogP contribution in [0.25, 0.3) is 0 Å². The lowest BCUT2D eigenvalue weighted by Crippen LogP contribution is -1.81. The number of halogens is 1. The minimum atomic E-state index is -0.475. The van der Waals surface area contributed by atoms with Crippen molar-refractivity contribution in [1.29, 1.82) is 0 Å². The lowest BCUT2D eigenvalue weighted by Gasteiger charge is -1.69. The van der Waals surface area contributed by atoms with E-state index in [4.69, 9.17) is 5.73 Å². The summed E-state index contributed by atoms with van der Waals surface area (Å²) in [4.78, 5) is 3.24. The number of nitrogens with zero attached hydrogens (tertiary/aromatic N) is 1. The van der Waals surface area contributed by atoms with Gasteiger partial charge in [-0.15, -0.1) is 0 Å². The number of hydrogen-bond acceptors (Lipinski definition) is 3. The molecule has 0 spiro atoms. The molecule has 0 atom stereocenters. The zero-order valence-corrected chi connectivity index (χ0v) is 4.20. The van der Waals surface area contributed by atoms with E-state index in [0.717, 1.165) is 11.3 Å². The van der Waals surface area contributed by atoms with Gasteiger partial charge in [0.2, 0.25) is 0 Å². The molecule has 38 valence electrons. The molecule has 0 aliphatic rings. The first kappa shape index (κ1) is 4.52. The molecule has 1 heterocycles. The molecule has 0 radical (unpaired) electrons. The summed E-state index contributed by atoms with van der Waals surface area (Å²) in [5.74, 6) is 0.252. The van der Waals surface area contributed by atoms with Crippen LogP contribution in [-0.4, -0.2) is 4.98 Å². The van der Waals surface area contributed by atoms with Crippen LogP contribution < -0.4 is 5.73 Å². The van der Waals surface area contributed by atoms with Gasteiger partial charge in [0.1, 0.15) is 5.82 Å². The van der Waals surface area contributed by atoms with Crippen LogP contribution in [0.3, 0.4) is 0 Å². The highest BCUT2D eigenvalue weighted by molar-refractivity contribution is 7.08. The summed E-state index contributed by atoms with van der Waals surface area (Å²) in [6, 6.07) is 0. The number of rotatable bonds is 0. The molecule has 7 heavy (non-hydrogen) atoms. The Morgan fingerprint density at radius 2 is 2.57 bits per heavy atom. The van der Waals surface area contributed by atoms with E-state index in [-0.39, 0.29) is 5.82 Å². The maximum atomic E-state index is 11.8. The molecule has 1 rings (SSSR count). The van der Waals surface area contributed by atoms with E-state index in [2.05, 4.69) is 4.98 Å². The Labute approximate surface area is 43.8 Å². The van der Waals surface area contributed by atoms with Crippen LogP contribution in [0.4, 0.5) is 10.2 Å².